The van der Waals surface area contributed by atoms with Crippen LogP contribution in [-0.4, -0.2) is 39.6 Å². The molecule has 0 fully saturated rings. The second kappa shape index (κ2) is 11.5. The zero-order valence-electron chi connectivity index (χ0n) is 17.3. The van der Waals surface area contributed by atoms with E-state index >= 15 is 0 Å². The Morgan fingerprint density at radius 3 is 2.55 bits per heavy atom. The highest BCUT2D eigenvalue weighted by atomic mass is 35.5. The molecule has 0 radical (unpaired) electrons. The monoisotopic (exact) mass is 478 g/mol. The number of methoxy groups -OCH3 is 1. The molecule has 0 aliphatic rings. The maximum absolute atomic E-state index is 12.7. The van der Waals surface area contributed by atoms with E-state index in [1.54, 1.807) is 13.2 Å². The van der Waals surface area contributed by atoms with Gasteiger partial charge < -0.3 is 14.6 Å². The number of amides is 1. The zero-order chi connectivity index (χ0) is 22.2. The highest BCUT2D eigenvalue weighted by Crippen LogP contribution is 2.31. The Hall–Kier alpha value is -2.06. The van der Waals surface area contributed by atoms with Gasteiger partial charge in [0.05, 0.1) is 10.3 Å². The first-order chi connectivity index (χ1) is 15.0. The minimum Gasteiger partial charge on any atom is -0.385 e. The summed E-state index contributed by atoms with van der Waals surface area (Å²) in [5.41, 5.74) is 1.68. The lowest BCUT2D eigenvalue weighted by Gasteiger charge is -2.14. The number of nitrogens with one attached hydrogen (secondary N) is 1. The highest BCUT2D eigenvalue weighted by molar-refractivity contribution is 8.00. The van der Waals surface area contributed by atoms with Gasteiger partial charge in [0.2, 0.25) is 5.91 Å². The van der Waals surface area contributed by atoms with Gasteiger partial charge in [-0.3, -0.25) is 4.79 Å². The van der Waals surface area contributed by atoms with Crippen LogP contribution in [0.25, 0.3) is 11.4 Å². The molecule has 0 aliphatic carbocycles. The molecule has 0 aliphatic heterocycles. The van der Waals surface area contributed by atoms with Crippen LogP contribution in [0.1, 0.15) is 18.9 Å². The molecule has 31 heavy (non-hydrogen) atoms. The predicted molar refractivity (Wildman–Crippen MR) is 126 cm³/mol. The molecule has 1 N–H and O–H groups in total. The van der Waals surface area contributed by atoms with Gasteiger partial charge in [-0.2, -0.15) is 0 Å². The van der Waals surface area contributed by atoms with E-state index in [1.807, 2.05) is 54.0 Å². The Morgan fingerprint density at radius 1 is 1.13 bits per heavy atom. The maximum Gasteiger partial charge on any atom is 0.233 e. The fourth-order valence-corrected chi connectivity index (χ4v) is 4.29. The van der Waals surface area contributed by atoms with E-state index in [1.165, 1.54) is 11.8 Å². The number of nitrogens with zero attached hydrogens (tertiary/aromatic N) is 3. The smallest absolute Gasteiger partial charge is 0.233 e. The second-order valence-electron chi connectivity index (χ2n) is 6.85. The topological polar surface area (TPSA) is 69.0 Å². The first kappa shape index (κ1) is 23.6. The van der Waals surface area contributed by atoms with E-state index in [2.05, 4.69) is 15.5 Å². The summed E-state index contributed by atoms with van der Waals surface area (Å²) in [6, 6.07) is 15.0. The highest BCUT2D eigenvalue weighted by Gasteiger charge is 2.21. The third-order valence-corrected chi connectivity index (χ3v) is 6.40. The number of thioether (sulfide) groups is 1. The standard InChI is InChI=1S/C22H24Cl2N4O2S/c1-15(21(29)25-14-16-8-3-5-10-18(16)23)31-22-27-26-20(28(22)12-7-13-30-2)17-9-4-6-11-19(17)24/h3-6,8-11,15H,7,12-14H2,1-2H3,(H,25,29). The molecule has 1 unspecified atom stereocenters. The van der Waals surface area contributed by atoms with Gasteiger partial charge in [-0.15, -0.1) is 10.2 Å². The molecule has 6 nitrogen and oxygen atoms in total. The van der Waals surface area contributed by atoms with Crippen molar-refractivity contribution >= 4 is 40.9 Å². The number of rotatable bonds is 10. The van der Waals surface area contributed by atoms with Crippen molar-refractivity contribution in [1.29, 1.82) is 0 Å². The SMILES string of the molecule is COCCCn1c(SC(C)C(=O)NCc2ccccc2Cl)nnc1-c1ccccc1Cl. The van der Waals surface area contributed by atoms with E-state index in [-0.39, 0.29) is 11.2 Å². The molecule has 1 heterocycles. The lowest BCUT2D eigenvalue weighted by atomic mass is 10.2. The van der Waals surface area contributed by atoms with Crippen molar-refractivity contribution in [2.45, 2.75) is 36.8 Å². The maximum atomic E-state index is 12.7. The van der Waals surface area contributed by atoms with Crippen molar-refractivity contribution in [1.82, 2.24) is 20.1 Å². The van der Waals surface area contributed by atoms with Gasteiger partial charge in [0.1, 0.15) is 0 Å². The van der Waals surface area contributed by atoms with Crippen molar-refractivity contribution < 1.29 is 9.53 Å². The summed E-state index contributed by atoms with van der Waals surface area (Å²) >= 11 is 13.9. The van der Waals surface area contributed by atoms with Crippen LogP contribution < -0.4 is 5.32 Å². The van der Waals surface area contributed by atoms with Gasteiger partial charge in [-0.25, -0.2) is 0 Å². The van der Waals surface area contributed by atoms with Crippen LogP contribution in [0.15, 0.2) is 53.7 Å². The molecule has 0 saturated carbocycles. The fourth-order valence-electron chi connectivity index (χ4n) is 2.97. The molecule has 0 saturated heterocycles. The van der Waals surface area contributed by atoms with Crippen LogP contribution in [0.4, 0.5) is 0 Å². The molecule has 1 amide bonds. The molecule has 1 atom stereocenters. The molecule has 2 aromatic carbocycles. The first-order valence-corrected chi connectivity index (χ1v) is 11.5. The second-order valence-corrected chi connectivity index (χ2v) is 8.98. The van der Waals surface area contributed by atoms with E-state index in [4.69, 9.17) is 27.9 Å². The van der Waals surface area contributed by atoms with E-state index in [9.17, 15) is 4.79 Å². The number of hydrogen-bond acceptors (Lipinski definition) is 5. The van der Waals surface area contributed by atoms with Crippen LogP contribution in [0.3, 0.4) is 0 Å². The van der Waals surface area contributed by atoms with E-state index < -0.39 is 0 Å². The largest absolute Gasteiger partial charge is 0.385 e. The van der Waals surface area contributed by atoms with Gasteiger partial charge in [0.15, 0.2) is 11.0 Å². The van der Waals surface area contributed by atoms with Crippen molar-refractivity contribution in [3.8, 4) is 11.4 Å². The number of carbonyl (C=O) groups excluding carboxylic acids is 1. The quantitative estimate of drug-likeness (QED) is 0.324. The fraction of sp³-hybridized carbons (Fsp3) is 0.318. The Bertz CT molecular complexity index is 1030. The summed E-state index contributed by atoms with van der Waals surface area (Å²) in [6.07, 6.45) is 0.784. The third-order valence-electron chi connectivity index (χ3n) is 4.62. The van der Waals surface area contributed by atoms with Crippen molar-refractivity contribution in [3.05, 3.63) is 64.1 Å². The Kier molecular flexibility index (Phi) is 8.78. The summed E-state index contributed by atoms with van der Waals surface area (Å²) in [7, 11) is 1.67. The van der Waals surface area contributed by atoms with Gasteiger partial charge in [-0.1, -0.05) is 65.3 Å². The lowest BCUT2D eigenvalue weighted by molar-refractivity contribution is -0.120. The average molecular weight is 479 g/mol. The molecule has 9 heteroatoms. The van der Waals surface area contributed by atoms with Crippen LogP contribution >= 0.6 is 35.0 Å². The van der Waals surface area contributed by atoms with Crippen molar-refractivity contribution in [3.63, 3.8) is 0 Å². The molecular weight excluding hydrogens is 455 g/mol. The minimum absolute atomic E-state index is 0.101. The van der Waals surface area contributed by atoms with E-state index in [0.717, 1.165) is 17.5 Å². The minimum atomic E-state index is -0.369. The summed E-state index contributed by atoms with van der Waals surface area (Å²) < 4.78 is 7.18. The predicted octanol–water partition coefficient (Wildman–Crippen LogP) is 5.09. The van der Waals surface area contributed by atoms with Gasteiger partial charge in [0.25, 0.3) is 0 Å². The Balaban J connectivity index is 1.74. The Morgan fingerprint density at radius 2 is 1.84 bits per heavy atom. The number of aromatic nitrogens is 3. The summed E-state index contributed by atoms with van der Waals surface area (Å²) in [4.78, 5) is 12.7. The summed E-state index contributed by atoms with van der Waals surface area (Å²) in [6.45, 7) is 3.47. The number of carbonyl (C=O) groups is 1. The van der Waals surface area contributed by atoms with Crippen LogP contribution in [0, 0.1) is 0 Å². The Labute approximate surface area is 196 Å². The zero-order valence-corrected chi connectivity index (χ0v) is 19.7. The number of hydrogen-bond donors (Lipinski definition) is 1. The third kappa shape index (κ3) is 6.23. The normalized spacial score (nSPS) is 12.0. The number of halogens is 2. The van der Waals surface area contributed by atoms with Crippen LogP contribution in [0.5, 0.6) is 0 Å². The molecule has 3 aromatic rings. The van der Waals surface area contributed by atoms with Gasteiger partial charge in [0, 0.05) is 37.4 Å². The van der Waals surface area contributed by atoms with E-state index in [0.29, 0.717) is 40.7 Å². The summed E-state index contributed by atoms with van der Waals surface area (Å²) in [5.74, 6) is 0.573. The average Bonchev–Trinajstić information content (AvgIpc) is 3.15. The summed E-state index contributed by atoms with van der Waals surface area (Å²) in [5, 5.41) is 13.2. The first-order valence-electron chi connectivity index (χ1n) is 9.86. The van der Waals surface area contributed by atoms with Crippen LogP contribution in [0.2, 0.25) is 10.0 Å². The molecule has 0 bridgehead atoms. The van der Waals surface area contributed by atoms with Crippen molar-refractivity contribution in [2.75, 3.05) is 13.7 Å². The molecule has 1 aromatic heterocycles. The number of benzene rings is 2. The van der Waals surface area contributed by atoms with Crippen molar-refractivity contribution in [2.24, 2.45) is 0 Å². The number of ether oxygens (including phenoxy) is 1. The molecule has 164 valence electrons. The molecular formula is C22H24Cl2N4O2S. The van der Waals surface area contributed by atoms with Crippen LogP contribution in [-0.2, 0) is 22.6 Å². The lowest BCUT2D eigenvalue weighted by Crippen LogP contribution is -2.30. The van der Waals surface area contributed by atoms with Gasteiger partial charge in [-0.05, 0) is 37.1 Å². The molecule has 3 rings (SSSR count). The molecule has 0 spiro atoms. The van der Waals surface area contributed by atoms with Gasteiger partial charge >= 0.3 is 0 Å².